The minimum absolute atomic E-state index is 1.22. The van der Waals surface area contributed by atoms with Gasteiger partial charge in [0.2, 0.25) is 0 Å². The third-order valence-corrected chi connectivity index (χ3v) is 11.9. The van der Waals surface area contributed by atoms with Crippen molar-refractivity contribution < 1.29 is 0 Å². The molecule has 0 saturated heterocycles. The van der Waals surface area contributed by atoms with E-state index in [4.69, 9.17) is 0 Å². The first-order valence-electron chi connectivity index (χ1n) is 18.8. The molecule has 0 fully saturated rings. The Labute approximate surface area is 312 Å². The average molecular weight is 681 g/mol. The Morgan fingerprint density at radius 3 is 1.28 bits per heavy atom. The Kier molecular flexibility index (Phi) is 6.15. The number of rotatable bonds is 4. The summed E-state index contributed by atoms with van der Waals surface area (Å²) in [5, 5.41) is 18.2. The number of hydrogen-bond acceptors (Lipinski definition) is 0. The molecule has 248 valence electrons. The molecule has 0 amide bonds. The topological polar surface area (TPSA) is 0 Å². The van der Waals surface area contributed by atoms with Crippen molar-refractivity contribution >= 4 is 75.4 Å². The fourth-order valence-electron chi connectivity index (χ4n) is 9.46. The minimum atomic E-state index is 1.22. The van der Waals surface area contributed by atoms with E-state index >= 15 is 0 Å². The first-order chi connectivity index (χ1) is 26.8. The molecule has 12 aromatic carbocycles. The van der Waals surface area contributed by atoms with E-state index in [-0.39, 0.29) is 0 Å². The molecular formula is C54H32. The van der Waals surface area contributed by atoms with Gasteiger partial charge in [0.25, 0.3) is 0 Å². The molecular weight excluding hydrogens is 649 g/mol. The predicted molar refractivity (Wildman–Crippen MR) is 233 cm³/mol. The molecule has 0 heterocycles. The molecule has 12 aromatic rings. The molecule has 54 heavy (non-hydrogen) atoms. The van der Waals surface area contributed by atoms with Crippen LogP contribution in [0.4, 0.5) is 0 Å². The highest BCUT2D eigenvalue weighted by Crippen LogP contribution is 2.46. The first kappa shape index (κ1) is 29.5. The van der Waals surface area contributed by atoms with E-state index in [0.717, 1.165) is 0 Å². The van der Waals surface area contributed by atoms with Crippen molar-refractivity contribution in [3.05, 3.63) is 194 Å². The number of hydrogen-bond donors (Lipinski definition) is 0. The van der Waals surface area contributed by atoms with Gasteiger partial charge in [-0.2, -0.15) is 0 Å². The Bertz CT molecular complexity index is 3390. The van der Waals surface area contributed by atoms with E-state index in [9.17, 15) is 0 Å². The van der Waals surface area contributed by atoms with Crippen molar-refractivity contribution in [1.29, 1.82) is 0 Å². The van der Waals surface area contributed by atoms with Crippen LogP contribution in [-0.4, -0.2) is 0 Å². The fraction of sp³-hybridized carbons (Fsp3) is 0. The van der Waals surface area contributed by atoms with Crippen molar-refractivity contribution in [3.8, 4) is 44.5 Å². The maximum absolute atomic E-state index is 2.45. The van der Waals surface area contributed by atoms with Gasteiger partial charge in [0.15, 0.2) is 0 Å². The zero-order chi connectivity index (χ0) is 35.3. The summed E-state index contributed by atoms with van der Waals surface area (Å²) in [7, 11) is 0. The summed E-state index contributed by atoms with van der Waals surface area (Å²) in [5.74, 6) is 0. The van der Waals surface area contributed by atoms with Crippen molar-refractivity contribution in [1.82, 2.24) is 0 Å². The van der Waals surface area contributed by atoms with E-state index in [1.165, 1.54) is 120 Å². The second-order valence-corrected chi connectivity index (χ2v) is 14.8. The van der Waals surface area contributed by atoms with E-state index in [1.54, 1.807) is 0 Å². The van der Waals surface area contributed by atoms with Gasteiger partial charge in [0.05, 0.1) is 0 Å². The largest absolute Gasteiger partial charge is 0.0622 e. The van der Waals surface area contributed by atoms with Crippen LogP contribution in [0.3, 0.4) is 0 Å². The molecule has 0 nitrogen and oxygen atoms in total. The lowest BCUT2D eigenvalue weighted by Crippen LogP contribution is -1.93. The zero-order valence-electron chi connectivity index (χ0n) is 29.5. The van der Waals surface area contributed by atoms with Crippen LogP contribution >= 0.6 is 0 Å². The Morgan fingerprint density at radius 2 is 0.648 bits per heavy atom. The highest BCUT2D eigenvalue weighted by atomic mass is 14.2. The van der Waals surface area contributed by atoms with Crippen LogP contribution in [-0.2, 0) is 0 Å². The minimum Gasteiger partial charge on any atom is -0.0622 e. The lowest BCUT2D eigenvalue weighted by atomic mass is 9.84. The van der Waals surface area contributed by atoms with Crippen molar-refractivity contribution in [2.75, 3.05) is 0 Å². The van der Waals surface area contributed by atoms with Crippen molar-refractivity contribution in [2.24, 2.45) is 0 Å². The van der Waals surface area contributed by atoms with Crippen LogP contribution in [0.5, 0.6) is 0 Å². The van der Waals surface area contributed by atoms with E-state index in [0.29, 0.717) is 0 Å². The lowest BCUT2D eigenvalue weighted by Gasteiger charge is -2.19. The average Bonchev–Trinajstić information content (AvgIpc) is 3.24. The summed E-state index contributed by atoms with van der Waals surface area (Å²) in [5.41, 5.74) is 9.91. The van der Waals surface area contributed by atoms with Gasteiger partial charge in [0, 0.05) is 0 Å². The SMILES string of the molecule is c1ccc(-c2ccc(-c3cc(-c4ccc5ccc6cccc7ccc4c5c67)c4ccccc4c3)c(-c3ccc4ccc5cccc6ccc3c4c56)c2)cc1. The molecule has 0 aliphatic rings. The maximum Gasteiger partial charge on any atom is -0.00206 e. The number of fused-ring (bicyclic) bond motifs is 1. The van der Waals surface area contributed by atoms with Crippen molar-refractivity contribution in [2.45, 2.75) is 0 Å². The Balaban J connectivity index is 1.16. The maximum atomic E-state index is 2.45. The van der Waals surface area contributed by atoms with Gasteiger partial charge in [0.1, 0.15) is 0 Å². The Morgan fingerprint density at radius 1 is 0.185 bits per heavy atom. The van der Waals surface area contributed by atoms with Gasteiger partial charge in [-0.1, -0.05) is 176 Å². The van der Waals surface area contributed by atoms with Gasteiger partial charge in [-0.15, -0.1) is 0 Å². The van der Waals surface area contributed by atoms with Gasteiger partial charge in [-0.3, -0.25) is 0 Å². The quantitative estimate of drug-likeness (QED) is 0.162. The molecule has 0 radical (unpaired) electrons. The molecule has 0 spiro atoms. The van der Waals surface area contributed by atoms with Crippen LogP contribution in [0.2, 0.25) is 0 Å². The standard InChI is InChI=1S/C54H32/c1-2-8-33(9-3-1)40-24-25-44(49(31-40)45-26-20-38-18-16-34-11-6-13-36-22-28-47(45)53(38)51(34)36)42-30-41-10-4-5-15-43(41)50(32-42)46-27-21-39-19-17-35-12-7-14-37-23-29-48(46)54(39)52(35)37/h1-32H. The molecule has 0 heteroatoms. The fourth-order valence-corrected chi connectivity index (χ4v) is 9.46. The molecule has 0 N–H and O–H groups in total. The van der Waals surface area contributed by atoms with E-state index in [1.807, 2.05) is 0 Å². The van der Waals surface area contributed by atoms with Gasteiger partial charge >= 0.3 is 0 Å². The second kappa shape index (κ2) is 11.2. The molecule has 0 aliphatic carbocycles. The summed E-state index contributed by atoms with van der Waals surface area (Å²) in [6, 6.07) is 72.6. The van der Waals surface area contributed by atoms with Crippen LogP contribution in [0.15, 0.2) is 194 Å². The third kappa shape index (κ3) is 4.26. The zero-order valence-corrected chi connectivity index (χ0v) is 29.5. The molecule has 12 rings (SSSR count). The van der Waals surface area contributed by atoms with Gasteiger partial charge < -0.3 is 0 Å². The van der Waals surface area contributed by atoms with Gasteiger partial charge in [-0.05, 0) is 138 Å². The van der Waals surface area contributed by atoms with Crippen LogP contribution in [0, 0.1) is 0 Å². The van der Waals surface area contributed by atoms with E-state index < -0.39 is 0 Å². The highest BCUT2D eigenvalue weighted by molar-refractivity contribution is 6.27. The van der Waals surface area contributed by atoms with E-state index in [2.05, 4.69) is 194 Å². The number of benzene rings is 12. The van der Waals surface area contributed by atoms with Crippen LogP contribution in [0.1, 0.15) is 0 Å². The molecule has 0 saturated carbocycles. The normalized spacial score (nSPS) is 12.1. The van der Waals surface area contributed by atoms with Crippen LogP contribution in [0.25, 0.3) is 120 Å². The van der Waals surface area contributed by atoms with Crippen molar-refractivity contribution in [3.63, 3.8) is 0 Å². The third-order valence-electron chi connectivity index (χ3n) is 11.9. The molecule has 0 aliphatic heterocycles. The smallest absolute Gasteiger partial charge is 0.00206 e. The van der Waals surface area contributed by atoms with Crippen LogP contribution < -0.4 is 0 Å². The predicted octanol–water partition coefficient (Wildman–Crippen LogP) is 15.3. The summed E-state index contributed by atoms with van der Waals surface area (Å²) in [4.78, 5) is 0. The molecule has 0 atom stereocenters. The lowest BCUT2D eigenvalue weighted by molar-refractivity contribution is 1.58. The molecule has 0 bridgehead atoms. The first-order valence-corrected chi connectivity index (χ1v) is 18.8. The summed E-state index contributed by atoms with van der Waals surface area (Å²) < 4.78 is 0. The monoisotopic (exact) mass is 680 g/mol. The van der Waals surface area contributed by atoms with Gasteiger partial charge in [-0.25, -0.2) is 0 Å². The molecule has 0 unspecified atom stereocenters. The summed E-state index contributed by atoms with van der Waals surface area (Å²) in [6.07, 6.45) is 0. The highest BCUT2D eigenvalue weighted by Gasteiger charge is 2.19. The summed E-state index contributed by atoms with van der Waals surface area (Å²) >= 11 is 0. The molecule has 0 aromatic heterocycles. The summed E-state index contributed by atoms with van der Waals surface area (Å²) in [6.45, 7) is 0. The second-order valence-electron chi connectivity index (χ2n) is 14.8. The Hall–Kier alpha value is -7.02.